The summed E-state index contributed by atoms with van der Waals surface area (Å²) in [6.45, 7) is 7.48. The van der Waals surface area contributed by atoms with Gasteiger partial charge in [-0.1, -0.05) is 39.5 Å². The first-order valence-electron chi connectivity index (χ1n) is 8.45. The first kappa shape index (κ1) is 16.1. The van der Waals surface area contributed by atoms with Crippen molar-refractivity contribution in [1.82, 2.24) is 19.9 Å². The molecule has 21 heavy (non-hydrogen) atoms. The lowest BCUT2D eigenvalue weighted by molar-refractivity contribution is 0.305. The molecule has 1 fully saturated rings. The van der Waals surface area contributed by atoms with E-state index >= 15 is 0 Å². The van der Waals surface area contributed by atoms with E-state index in [4.69, 9.17) is 10.7 Å². The van der Waals surface area contributed by atoms with Crippen LogP contribution in [0.4, 0.5) is 5.95 Å². The van der Waals surface area contributed by atoms with Gasteiger partial charge >= 0.3 is 0 Å². The standard InChI is InChI=1S/C16H29N5/c1-3-21(4-2)12-11-14-18-15(20-16(17)19-14)13-9-7-5-6-8-10-13/h13H,3-12H2,1-2H3,(H2,17,18,19,20). The molecule has 1 aliphatic carbocycles. The van der Waals surface area contributed by atoms with E-state index in [0.29, 0.717) is 11.9 Å². The Balaban J connectivity index is 2.05. The molecule has 0 bridgehead atoms. The first-order chi connectivity index (χ1) is 10.2. The number of nitrogens with two attached hydrogens (primary N) is 1. The van der Waals surface area contributed by atoms with E-state index in [0.717, 1.165) is 37.7 Å². The molecule has 1 saturated carbocycles. The maximum absolute atomic E-state index is 5.90. The van der Waals surface area contributed by atoms with Crippen LogP contribution in [0.25, 0.3) is 0 Å². The molecule has 0 aliphatic heterocycles. The summed E-state index contributed by atoms with van der Waals surface area (Å²) < 4.78 is 0. The third-order valence-corrected chi connectivity index (χ3v) is 4.48. The van der Waals surface area contributed by atoms with Gasteiger partial charge in [-0.2, -0.15) is 9.97 Å². The predicted octanol–water partition coefficient (Wildman–Crippen LogP) is 2.78. The van der Waals surface area contributed by atoms with Gasteiger partial charge in [-0.25, -0.2) is 4.98 Å². The number of nitrogens with zero attached hydrogens (tertiary/aromatic N) is 4. The van der Waals surface area contributed by atoms with Crippen LogP contribution in [0.2, 0.25) is 0 Å². The molecule has 5 heteroatoms. The van der Waals surface area contributed by atoms with Crippen LogP contribution in [0.1, 0.15) is 69.9 Å². The highest BCUT2D eigenvalue weighted by molar-refractivity contribution is 5.18. The molecule has 0 saturated heterocycles. The molecular weight excluding hydrogens is 262 g/mol. The number of aromatic nitrogens is 3. The van der Waals surface area contributed by atoms with E-state index in [9.17, 15) is 0 Å². The van der Waals surface area contributed by atoms with Gasteiger partial charge in [-0.05, 0) is 25.9 Å². The fraction of sp³-hybridized carbons (Fsp3) is 0.812. The minimum absolute atomic E-state index is 0.388. The Morgan fingerprint density at radius 2 is 1.67 bits per heavy atom. The summed E-state index contributed by atoms with van der Waals surface area (Å²) in [5.41, 5.74) is 5.90. The Morgan fingerprint density at radius 3 is 2.29 bits per heavy atom. The topological polar surface area (TPSA) is 67.9 Å². The first-order valence-corrected chi connectivity index (χ1v) is 8.45. The lowest BCUT2D eigenvalue weighted by Crippen LogP contribution is -2.26. The van der Waals surface area contributed by atoms with Gasteiger partial charge in [-0.15, -0.1) is 0 Å². The maximum atomic E-state index is 5.90. The summed E-state index contributed by atoms with van der Waals surface area (Å²) >= 11 is 0. The lowest BCUT2D eigenvalue weighted by Gasteiger charge is -2.18. The van der Waals surface area contributed by atoms with Gasteiger partial charge < -0.3 is 10.6 Å². The molecular formula is C16H29N5. The van der Waals surface area contributed by atoms with Crippen molar-refractivity contribution in [1.29, 1.82) is 0 Å². The molecule has 0 amide bonds. The van der Waals surface area contributed by atoms with Gasteiger partial charge in [0.1, 0.15) is 11.6 Å². The van der Waals surface area contributed by atoms with Crippen LogP contribution in [-0.2, 0) is 6.42 Å². The van der Waals surface area contributed by atoms with E-state index in [1.165, 1.54) is 38.5 Å². The second kappa shape index (κ2) is 8.27. The fourth-order valence-corrected chi connectivity index (χ4v) is 3.09. The Hall–Kier alpha value is -1.23. The minimum atomic E-state index is 0.388. The number of anilines is 1. The third-order valence-electron chi connectivity index (χ3n) is 4.48. The van der Waals surface area contributed by atoms with Crippen molar-refractivity contribution in [3.05, 3.63) is 11.6 Å². The van der Waals surface area contributed by atoms with E-state index < -0.39 is 0 Å². The largest absolute Gasteiger partial charge is 0.368 e. The molecule has 1 aliphatic rings. The molecule has 1 heterocycles. The molecule has 0 unspecified atom stereocenters. The zero-order valence-corrected chi connectivity index (χ0v) is 13.5. The van der Waals surface area contributed by atoms with Crippen LogP contribution in [0.3, 0.4) is 0 Å². The van der Waals surface area contributed by atoms with Crippen LogP contribution >= 0.6 is 0 Å². The van der Waals surface area contributed by atoms with Crippen LogP contribution < -0.4 is 5.73 Å². The molecule has 0 spiro atoms. The molecule has 1 aromatic rings. The maximum Gasteiger partial charge on any atom is 0.223 e. The number of nitrogen functional groups attached to an aromatic ring is 1. The number of rotatable bonds is 6. The second-order valence-corrected chi connectivity index (χ2v) is 5.93. The van der Waals surface area contributed by atoms with Crippen LogP contribution in [0, 0.1) is 0 Å². The third kappa shape index (κ3) is 4.92. The Labute approximate surface area is 128 Å². The van der Waals surface area contributed by atoms with Crippen molar-refractivity contribution in [3.8, 4) is 0 Å². The highest BCUT2D eigenvalue weighted by atomic mass is 15.1. The quantitative estimate of drug-likeness (QED) is 0.816. The van der Waals surface area contributed by atoms with Gasteiger partial charge in [0.15, 0.2) is 0 Å². The van der Waals surface area contributed by atoms with Gasteiger partial charge in [0.2, 0.25) is 5.95 Å². The monoisotopic (exact) mass is 291 g/mol. The lowest BCUT2D eigenvalue weighted by atomic mass is 9.99. The Bertz CT molecular complexity index is 423. The van der Waals surface area contributed by atoms with Crippen LogP contribution in [-0.4, -0.2) is 39.5 Å². The molecule has 0 aromatic carbocycles. The average molecular weight is 291 g/mol. The van der Waals surface area contributed by atoms with Crippen LogP contribution in [0.5, 0.6) is 0 Å². The predicted molar refractivity (Wildman–Crippen MR) is 86.2 cm³/mol. The van der Waals surface area contributed by atoms with E-state index in [2.05, 4.69) is 28.7 Å². The van der Waals surface area contributed by atoms with Crippen molar-refractivity contribution in [2.45, 2.75) is 64.7 Å². The van der Waals surface area contributed by atoms with Crippen molar-refractivity contribution >= 4 is 5.95 Å². The summed E-state index contributed by atoms with van der Waals surface area (Å²) in [6.07, 6.45) is 8.49. The molecule has 1 aromatic heterocycles. The van der Waals surface area contributed by atoms with E-state index in [1.54, 1.807) is 0 Å². The van der Waals surface area contributed by atoms with Crippen molar-refractivity contribution in [3.63, 3.8) is 0 Å². The zero-order valence-electron chi connectivity index (χ0n) is 13.5. The smallest absolute Gasteiger partial charge is 0.223 e. The summed E-state index contributed by atoms with van der Waals surface area (Å²) in [5, 5.41) is 0. The van der Waals surface area contributed by atoms with E-state index in [1.807, 2.05) is 0 Å². The zero-order chi connectivity index (χ0) is 15.1. The SMILES string of the molecule is CCN(CC)CCc1nc(N)nc(C2CCCCCC2)n1. The van der Waals surface area contributed by atoms with Gasteiger partial charge in [0, 0.05) is 18.9 Å². The number of hydrogen-bond acceptors (Lipinski definition) is 5. The minimum Gasteiger partial charge on any atom is -0.368 e. The highest BCUT2D eigenvalue weighted by Gasteiger charge is 2.18. The van der Waals surface area contributed by atoms with Gasteiger partial charge in [-0.3, -0.25) is 0 Å². The molecule has 2 N–H and O–H groups in total. The van der Waals surface area contributed by atoms with Gasteiger partial charge in [0.05, 0.1) is 0 Å². The molecule has 0 atom stereocenters. The molecule has 2 rings (SSSR count). The van der Waals surface area contributed by atoms with Crippen molar-refractivity contribution in [2.24, 2.45) is 0 Å². The summed E-state index contributed by atoms with van der Waals surface area (Å²) in [7, 11) is 0. The molecule has 5 nitrogen and oxygen atoms in total. The second-order valence-electron chi connectivity index (χ2n) is 5.93. The van der Waals surface area contributed by atoms with Gasteiger partial charge in [0.25, 0.3) is 0 Å². The Morgan fingerprint density at radius 1 is 1.00 bits per heavy atom. The fourth-order valence-electron chi connectivity index (χ4n) is 3.09. The van der Waals surface area contributed by atoms with Crippen LogP contribution in [0.15, 0.2) is 0 Å². The number of likely N-dealkylation sites (N-methyl/N-ethyl adjacent to an activating group) is 1. The Kier molecular flexibility index (Phi) is 6.36. The molecule has 0 radical (unpaired) electrons. The summed E-state index contributed by atoms with van der Waals surface area (Å²) in [6, 6.07) is 0. The summed E-state index contributed by atoms with van der Waals surface area (Å²) in [5.74, 6) is 2.65. The van der Waals surface area contributed by atoms with Crippen molar-refractivity contribution in [2.75, 3.05) is 25.4 Å². The average Bonchev–Trinajstić information content (AvgIpc) is 2.77. The highest BCUT2D eigenvalue weighted by Crippen LogP contribution is 2.29. The van der Waals surface area contributed by atoms with E-state index in [-0.39, 0.29) is 0 Å². The normalized spacial score (nSPS) is 17.1. The number of hydrogen-bond donors (Lipinski definition) is 1. The molecule has 118 valence electrons. The summed E-state index contributed by atoms with van der Waals surface area (Å²) in [4.78, 5) is 15.8. The van der Waals surface area contributed by atoms with Crippen molar-refractivity contribution < 1.29 is 0 Å².